The number of rotatable bonds is 6. The van der Waals surface area contributed by atoms with Crippen molar-refractivity contribution in [3.8, 4) is 5.69 Å². The third kappa shape index (κ3) is 3.74. The van der Waals surface area contributed by atoms with Crippen LogP contribution in [0.3, 0.4) is 0 Å². The Labute approximate surface area is 144 Å². The number of hydrogen-bond donors (Lipinski definition) is 0. The molecule has 0 saturated carbocycles. The number of nitrogens with zero attached hydrogens (tertiary/aromatic N) is 3. The van der Waals surface area contributed by atoms with Gasteiger partial charge in [0.1, 0.15) is 0 Å². The van der Waals surface area contributed by atoms with E-state index in [4.69, 9.17) is 5.10 Å². The molecule has 0 radical (unpaired) electrons. The summed E-state index contributed by atoms with van der Waals surface area (Å²) in [6, 6.07) is 10.1. The third-order valence-corrected chi connectivity index (χ3v) is 3.97. The molecular weight excluding hydrogens is 294 g/mol. The molecule has 0 fully saturated rings. The Kier molecular flexibility index (Phi) is 5.59. The third-order valence-electron chi connectivity index (χ3n) is 3.97. The van der Waals surface area contributed by atoms with Crippen molar-refractivity contribution in [2.45, 2.75) is 20.8 Å². The van der Waals surface area contributed by atoms with Gasteiger partial charge in [-0.05, 0) is 49.6 Å². The van der Waals surface area contributed by atoms with Gasteiger partial charge in [-0.3, -0.25) is 0 Å². The number of para-hydroxylation sites is 1. The Morgan fingerprint density at radius 2 is 1.92 bits per heavy atom. The Morgan fingerprint density at radius 3 is 2.50 bits per heavy atom. The first-order chi connectivity index (χ1) is 11.5. The second kappa shape index (κ2) is 7.64. The second-order valence-electron chi connectivity index (χ2n) is 5.76. The molecule has 0 aliphatic carbocycles. The molecule has 3 nitrogen and oxygen atoms in total. The van der Waals surface area contributed by atoms with Crippen molar-refractivity contribution in [3.05, 3.63) is 90.6 Å². The van der Waals surface area contributed by atoms with Gasteiger partial charge in [0.15, 0.2) is 0 Å². The van der Waals surface area contributed by atoms with Crippen molar-refractivity contribution < 1.29 is 0 Å². The Morgan fingerprint density at radius 1 is 1.25 bits per heavy atom. The summed E-state index contributed by atoms with van der Waals surface area (Å²) >= 11 is 0. The molecule has 1 aromatic heterocycles. The van der Waals surface area contributed by atoms with Crippen molar-refractivity contribution >= 4 is 5.57 Å². The van der Waals surface area contributed by atoms with E-state index < -0.39 is 0 Å². The molecule has 0 amide bonds. The minimum absolute atomic E-state index is 0.909. The number of likely N-dealkylation sites (N-methyl/N-ethyl adjacent to an activating group) is 1. The van der Waals surface area contributed by atoms with E-state index in [1.807, 2.05) is 66.0 Å². The van der Waals surface area contributed by atoms with Crippen LogP contribution >= 0.6 is 0 Å². The fourth-order valence-electron chi connectivity index (χ4n) is 2.60. The van der Waals surface area contributed by atoms with Gasteiger partial charge >= 0.3 is 0 Å². The highest BCUT2D eigenvalue weighted by Crippen LogP contribution is 2.21. The van der Waals surface area contributed by atoms with E-state index >= 15 is 0 Å². The van der Waals surface area contributed by atoms with Crippen LogP contribution in [0.1, 0.15) is 25.1 Å². The summed E-state index contributed by atoms with van der Waals surface area (Å²) in [6.45, 7) is 14.1. The van der Waals surface area contributed by atoms with Crippen LogP contribution in [0.15, 0.2) is 79.3 Å². The van der Waals surface area contributed by atoms with Crippen molar-refractivity contribution in [3.63, 3.8) is 0 Å². The number of benzene rings is 1. The predicted molar refractivity (Wildman–Crippen MR) is 103 cm³/mol. The SMILES string of the molecule is C=C/C(=C/C)C(=C)N(C)/C=C(\C)c1nn(-c2ccccc2)cc1C. The van der Waals surface area contributed by atoms with Crippen LogP contribution < -0.4 is 0 Å². The zero-order valence-electron chi connectivity index (χ0n) is 15.0. The number of aromatic nitrogens is 2. The molecule has 0 N–H and O–H groups in total. The highest BCUT2D eigenvalue weighted by atomic mass is 15.3. The summed E-state index contributed by atoms with van der Waals surface area (Å²) in [4.78, 5) is 2.01. The van der Waals surface area contributed by atoms with Gasteiger partial charge in [0, 0.05) is 25.1 Å². The van der Waals surface area contributed by atoms with Crippen LogP contribution in [0.25, 0.3) is 11.3 Å². The maximum atomic E-state index is 4.73. The molecule has 2 aromatic rings. The molecular formula is C21H25N3. The molecule has 0 aliphatic rings. The van der Waals surface area contributed by atoms with Crippen LogP contribution in [0.4, 0.5) is 0 Å². The maximum absolute atomic E-state index is 4.73. The van der Waals surface area contributed by atoms with Crippen molar-refractivity contribution in [1.82, 2.24) is 14.7 Å². The van der Waals surface area contributed by atoms with Gasteiger partial charge in [0.05, 0.1) is 11.4 Å². The molecule has 0 spiro atoms. The van der Waals surface area contributed by atoms with Crippen LogP contribution in [-0.4, -0.2) is 21.7 Å². The van der Waals surface area contributed by atoms with Crippen LogP contribution in [0, 0.1) is 6.92 Å². The monoisotopic (exact) mass is 319 g/mol. The van der Waals surface area contributed by atoms with Gasteiger partial charge in [-0.1, -0.05) is 43.5 Å². The molecule has 0 atom stereocenters. The van der Waals surface area contributed by atoms with E-state index in [0.29, 0.717) is 0 Å². The van der Waals surface area contributed by atoms with Crippen LogP contribution in [0.2, 0.25) is 0 Å². The Bertz CT molecular complexity index is 792. The van der Waals surface area contributed by atoms with Gasteiger partial charge in [-0.25, -0.2) is 4.68 Å². The fourth-order valence-corrected chi connectivity index (χ4v) is 2.60. The van der Waals surface area contributed by atoms with Crippen molar-refractivity contribution in [2.75, 3.05) is 7.05 Å². The molecule has 124 valence electrons. The van der Waals surface area contributed by atoms with E-state index in [-0.39, 0.29) is 0 Å². The summed E-state index contributed by atoms with van der Waals surface area (Å²) in [7, 11) is 1.99. The van der Waals surface area contributed by atoms with E-state index in [1.54, 1.807) is 0 Å². The molecule has 1 heterocycles. The quantitative estimate of drug-likeness (QED) is 0.689. The zero-order valence-corrected chi connectivity index (χ0v) is 15.0. The largest absolute Gasteiger partial charge is 0.351 e. The number of hydrogen-bond acceptors (Lipinski definition) is 2. The fraction of sp³-hybridized carbons (Fsp3) is 0.190. The minimum atomic E-state index is 0.909. The van der Waals surface area contributed by atoms with E-state index in [1.165, 1.54) is 0 Å². The maximum Gasteiger partial charge on any atom is 0.0928 e. The lowest BCUT2D eigenvalue weighted by Gasteiger charge is -2.19. The first-order valence-corrected chi connectivity index (χ1v) is 7.99. The summed E-state index contributed by atoms with van der Waals surface area (Å²) < 4.78 is 1.91. The van der Waals surface area contributed by atoms with E-state index in [2.05, 4.69) is 39.4 Å². The molecule has 24 heavy (non-hydrogen) atoms. The molecule has 0 aliphatic heterocycles. The average Bonchev–Trinajstić information content (AvgIpc) is 2.98. The highest BCUT2D eigenvalue weighted by molar-refractivity contribution is 5.63. The van der Waals surface area contributed by atoms with Crippen molar-refractivity contribution in [2.24, 2.45) is 0 Å². The molecule has 0 saturated heterocycles. The summed E-state index contributed by atoms with van der Waals surface area (Å²) in [5, 5.41) is 4.73. The van der Waals surface area contributed by atoms with Gasteiger partial charge in [-0.15, -0.1) is 0 Å². The summed E-state index contributed by atoms with van der Waals surface area (Å²) in [6.07, 6.45) is 7.93. The summed E-state index contributed by atoms with van der Waals surface area (Å²) in [5.41, 5.74) is 6.20. The average molecular weight is 319 g/mol. The van der Waals surface area contributed by atoms with Gasteiger partial charge in [-0.2, -0.15) is 5.10 Å². The minimum Gasteiger partial charge on any atom is -0.351 e. The molecule has 2 rings (SSSR count). The topological polar surface area (TPSA) is 21.1 Å². The van der Waals surface area contributed by atoms with Crippen LogP contribution in [-0.2, 0) is 0 Å². The lowest BCUT2D eigenvalue weighted by atomic mass is 10.1. The van der Waals surface area contributed by atoms with Gasteiger partial charge in [0.25, 0.3) is 0 Å². The lowest BCUT2D eigenvalue weighted by Crippen LogP contribution is -2.11. The first kappa shape index (κ1) is 17.5. The molecule has 0 bridgehead atoms. The van der Waals surface area contributed by atoms with Gasteiger partial charge < -0.3 is 4.90 Å². The molecule has 1 aromatic carbocycles. The highest BCUT2D eigenvalue weighted by Gasteiger charge is 2.10. The lowest BCUT2D eigenvalue weighted by molar-refractivity contribution is 0.586. The van der Waals surface area contributed by atoms with Crippen molar-refractivity contribution in [1.29, 1.82) is 0 Å². The van der Waals surface area contributed by atoms with Crippen LogP contribution in [0.5, 0.6) is 0 Å². The number of allylic oxidation sites excluding steroid dienone is 3. The standard InChI is InChI=1S/C21H25N3/c1-7-19(8-2)18(5)23(6)14-16(3)21-17(4)15-24(22-21)20-12-10-9-11-13-20/h7-15H,1,5H2,2-4,6H3/b16-14+,19-8-. The summed E-state index contributed by atoms with van der Waals surface area (Å²) in [5.74, 6) is 0. The Hall–Kier alpha value is -2.81. The molecule has 3 heteroatoms. The van der Waals surface area contributed by atoms with E-state index in [0.717, 1.165) is 33.8 Å². The Balaban J connectivity index is 2.30. The first-order valence-electron chi connectivity index (χ1n) is 7.99. The predicted octanol–water partition coefficient (Wildman–Crippen LogP) is 5.12. The normalized spacial score (nSPS) is 12.2. The molecule has 0 unspecified atom stereocenters. The van der Waals surface area contributed by atoms with E-state index in [9.17, 15) is 0 Å². The zero-order chi connectivity index (χ0) is 17.7. The smallest absolute Gasteiger partial charge is 0.0928 e. The second-order valence-corrected chi connectivity index (χ2v) is 5.76. The number of aryl methyl sites for hydroxylation is 1. The van der Waals surface area contributed by atoms with Gasteiger partial charge in [0.2, 0.25) is 0 Å².